The van der Waals surface area contributed by atoms with Crippen molar-refractivity contribution in [3.63, 3.8) is 0 Å². The van der Waals surface area contributed by atoms with E-state index in [1.165, 1.54) is 29.2 Å². The molecular weight excluding hydrogens is 252 g/mol. The van der Waals surface area contributed by atoms with Crippen molar-refractivity contribution in [2.24, 2.45) is 0 Å². The van der Waals surface area contributed by atoms with Gasteiger partial charge >= 0.3 is 0 Å². The molecule has 0 radical (unpaired) electrons. The largest absolute Gasteiger partial charge is 0.484 e. The predicted octanol–water partition coefficient (Wildman–Crippen LogP) is 0.813. The maximum Gasteiger partial charge on any atom is 0.269 e. The molecule has 1 atom stereocenters. The molecule has 7 nitrogen and oxygen atoms in total. The minimum atomic E-state index is -0.603. The first kappa shape index (κ1) is 14.9. The van der Waals surface area contributed by atoms with Gasteiger partial charge in [-0.25, -0.2) is 0 Å². The van der Waals surface area contributed by atoms with Gasteiger partial charge in [0.15, 0.2) is 6.61 Å². The molecule has 0 heterocycles. The molecule has 0 aliphatic heterocycles. The lowest BCUT2D eigenvalue weighted by Crippen LogP contribution is -2.36. The van der Waals surface area contributed by atoms with Crippen molar-refractivity contribution >= 4 is 11.6 Å². The maximum absolute atomic E-state index is 11.6. The summed E-state index contributed by atoms with van der Waals surface area (Å²) in [5.74, 6) is 0.101. The molecule has 7 heteroatoms. The number of non-ortho nitro benzene ring substituents is 1. The first-order valence-electron chi connectivity index (χ1n) is 5.69. The van der Waals surface area contributed by atoms with Crippen LogP contribution in [0, 0.1) is 10.1 Å². The summed E-state index contributed by atoms with van der Waals surface area (Å²) in [5.41, 5.74) is -0.0371. The summed E-state index contributed by atoms with van der Waals surface area (Å²) in [6, 6.07) is 5.47. The summed E-state index contributed by atoms with van der Waals surface area (Å²) in [5, 5.41) is 19.6. The van der Waals surface area contributed by atoms with Crippen molar-refractivity contribution < 1.29 is 19.6 Å². The van der Waals surface area contributed by atoms with Crippen LogP contribution >= 0.6 is 0 Å². The zero-order valence-corrected chi connectivity index (χ0v) is 10.8. The van der Waals surface area contributed by atoms with E-state index in [1.54, 1.807) is 14.0 Å². The average molecular weight is 268 g/mol. The van der Waals surface area contributed by atoms with Gasteiger partial charge in [-0.15, -0.1) is 0 Å². The van der Waals surface area contributed by atoms with Gasteiger partial charge in [0.05, 0.1) is 11.0 Å². The topological polar surface area (TPSA) is 92.9 Å². The van der Waals surface area contributed by atoms with Gasteiger partial charge in [-0.3, -0.25) is 14.9 Å². The predicted molar refractivity (Wildman–Crippen MR) is 67.9 cm³/mol. The number of benzene rings is 1. The Morgan fingerprint density at radius 2 is 2.05 bits per heavy atom. The molecule has 0 aliphatic carbocycles. The summed E-state index contributed by atoms with van der Waals surface area (Å²) < 4.78 is 5.21. The smallest absolute Gasteiger partial charge is 0.269 e. The number of likely N-dealkylation sites (N-methyl/N-ethyl adjacent to an activating group) is 1. The third-order valence-corrected chi connectivity index (χ3v) is 2.37. The summed E-state index contributed by atoms with van der Waals surface area (Å²) in [6.45, 7) is 1.63. The Hall–Kier alpha value is -2.15. The van der Waals surface area contributed by atoms with Crippen LogP contribution in [0.3, 0.4) is 0 Å². The van der Waals surface area contributed by atoms with Crippen LogP contribution in [0.1, 0.15) is 6.92 Å². The number of carbonyl (C=O) groups is 1. The Balaban J connectivity index is 2.48. The van der Waals surface area contributed by atoms with Crippen molar-refractivity contribution in [1.29, 1.82) is 0 Å². The number of hydrogen-bond donors (Lipinski definition) is 1. The Morgan fingerprint density at radius 3 is 2.53 bits per heavy atom. The quantitative estimate of drug-likeness (QED) is 0.608. The van der Waals surface area contributed by atoms with Gasteiger partial charge in [0.2, 0.25) is 0 Å². The van der Waals surface area contributed by atoms with Gasteiger partial charge in [0.25, 0.3) is 11.6 Å². The fourth-order valence-corrected chi connectivity index (χ4v) is 1.42. The summed E-state index contributed by atoms with van der Waals surface area (Å²) >= 11 is 0. The number of nitro groups is 1. The molecule has 0 saturated heterocycles. The molecule has 1 unspecified atom stereocenters. The normalized spacial score (nSPS) is 11.7. The Bertz CT molecular complexity index is 444. The third-order valence-electron chi connectivity index (χ3n) is 2.37. The van der Waals surface area contributed by atoms with Crippen LogP contribution < -0.4 is 4.74 Å². The minimum Gasteiger partial charge on any atom is -0.484 e. The molecule has 1 aromatic carbocycles. The van der Waals surface area contributed by atoms with Crippen LogP contribution in [0.15, 0.2) is 24.3 Å². The van der Waals surface area contributed by atoms with E-state index in [4.69, 9.17) is 9.84 Å². The number of ether oxygens (including phenoxy) is 1. The van der Waals surface area contributed by atoms with E-state index in [9.17, 15) is 14.9 Å². The van der Waals surface area contributed by atoms with Crippen molar-refractivity contribution in [3.05, 3.63) is 34.4 Å². The maximum atomic E-state index is 11.6. The van der Waals surface area contributed by atoms with Crippen molar-refractivity contribution in [3.8, 4) is 5.75 Å². The molecule has 0 aromatic heterocycles. The molecule has 0 saturated carbocycles. The fraction of sp³-hybridized carbons (Fsp3) is 0.417. The van der Waals surface area contributed by atoms with Gasteiger partial charge < -0.3 is 14.7 Å². The van der Waals surface area contributed by atoms with E-state index >= 15 is 0 Å². The van der Waals surface area contributed by atoms with Gasteiger partial charge in [-0.1, -0.05) is 0 Å². The first-order valence-corrected chi connectivity index (χ1v) is 5.69. The summed E-state index contributed by atoms with van der Waals surface area (Å²) in [7, 11) is 1.56. The van der Waals surface area contributed by atoms with Crippen molar-refractivity contribution in [2.45, 2.75) is 13.0 Å². The van der Waals surface area contributed by atoms with E-state index in [0.717, 1.165) is 0 Å². The Morgan fingerprint density at radius 1 is 1.47 bits per heavy atom. The summed E-state index contributed by atoms with van der Waals surface area (Å²) in [4.78, 5) is 22.9. The van der Waals surface area contributed by atoms with Gasteiger partial charge in [0, 0.05) is 25.7 Å². The Labute approximate surface area is 110 Å². The lowest BCUT2D eigenvalue weighted by Gasteiger charge is -2.18. The highest BCUT2D eigenvalue weighted by molar-refractivity contribution is 5.77. The third kappa shape index (κ3) is 4.92. The fourth-order valence-electron chi connectivity index (χ4n) is 1.42. The van der Waals surface area contributed by atoms with Crippen LogP contribution in [0.25, 0.3) is 0 Å². The second-order valence-electron chi connectivity index (χ2n) is 4.16. The van der Waals surface area contributed by atoms with Gasteiger partial charge in [-0.05, 0) is 19.1 Å². The molecule has 1 amide bonds. The zero-order chi connectivity index (χ0) is 14.4. The number of carbonyl (C=O) groups excluding carboxylic acids is 1. The number of aliphatic hydroxyl groups excluding tert-OH is 1. The van der Waals surface area contributed by atoms with Crippen LogP contribution in [0.2, 0.25) is 0 Å². The molecule has 1 N–H and O–H groups in total. The molecule has 104 valence electrons. The average Bonchev–Trinajstić information content (AvgIpc) is 2.35. The van der Waals surface area contributed by atoms with Crippen molar-refractivity contribution in [2.75, 3.05) is 20.2 Å². The van der Waals surface area contributed by atoms with Crippen LogP contribution in [-0.2, 0) is 4.79 Å². The molecule has 19 heavy (non-hydrogen) atoms. The van der Waals surface area contributed by atoms with Gasteiger partial charge in [0.1, 0.15) is 5.75 Å². The van der Waals surface area contributed by atoms with E-state index in [-0.39, 0.29) is 24.7 Å². The van der Waals surface area contributed by atoms with Crippen molar-refractivity contribution in [1.82, 2.24) is 4.90 Å². The monoisotopic (exact) mass is 268 g/mol. The standard InChI is InChI=1S/C12H16N2O5/c1-9(15)7-13(2)12(16)8-19-11-5-3-10(4-6-11)14(17)18/h3-6,9,15H,7-8H2,1-2H3. The second kappa shape index (κ2) is 6.69. The number of nitrogens with zero attached hydrogens (tertiary/aromatic N) is 2. The van der Waals surface area contributed by atoms with Crippen LogP contribution in [0.4, 0.5) is 5.69 Å². The number of rotatable bonds is 6. The lowest BCUT2D eigenvalue weighted by atomic mass is 10.3. The summed E-state index contributed by atoms with van der Waals surface area (Å²) in [6.07, 6.45) is -0.603. The second-order valence-corrected chi connectivity index (χ2v) is 4.16. The SMILES string of the molecule is CC(O)CN(C)C(=O)COc1ccc([N+](=O)[O-])cc1. The molecule has 1 aromatic rings. The lowest BCUT2D eigenvalue weighted by molar-refractivity contribution is -0.384. The first-order chi connectivity index (χ1) is 8.90. The number of nitro benzene ring substituents is 1. The number of aliphatic hydroxyl groups is 1. The van der Waals surface area contributed by atoms with Gasteiger partial charge in [-0.2, -0.15) is 0 Å². The number of hydrogen-bond acceptors (Lipinski definition) is 5. The highest BCUT2D eigenvalue weighted by Gasteiger charge is 2.12. The minimum absolute atomic E-state index is 0.0371. The highest BCUT2D eigenvalue weighted by Crippen LogP contribution is 2.17. The van der Waals surface area contributed by atoms with E-state index in [0.29, 0.717) is 5.75 Å². The highest BCUT2D eigenvalue weighted by atomic mass is 16.6. The Kier molecular flexibility index (Phi) is 5.25. The van der Waals surface area contributed by atoms with E-state index in [1.807, 2.05) is 0 Å². The zero-order valence-electron chi connectivity index (χ0n) is 10.8. The van der Waals surface area contributed by atoms with E-state index < -0.39 is 11.0 Å². The van der Waals surface area contributed by atoms with Crippen LogP contribution in [-0.4, -0.2) is 47.1 Å². The molecule has 0 aliphatic rings. The molecular formula is C12H16N2O5. The molecule has 0 spiro atoms. The molecule has 1 rings (SSSR count). The van der Waals surface area contributed by atoms with E-state index in [2.05, 4.69) is 0 Å². The number of amides is 1. The molecule has 0 fully saturated rings. The van der Waals surface area contributed by atoms with Crippen LogP contribution in [0.5, 0.6) is 5.75 Å². The molecule has 0 bridgehead atoms.